The maximum Gasteiger partial charge on any atom is 0.274 e. The van der Waals surface area contributed by atoms with E-state index in [1.54, 1.807) is 29.7 Å². The first-order valence-corrected chi connectivity index (χ1v) is 8.07. The highest BCUT2D eigenvalue weighted by molar-refractivity contribution is 5.96. The molecular formula is C19H19N3O3. The van der Waals surface area contributed by atoms with E-state index in [2.05, 4.69) is 10.5 Å². The van der Waals surface area contributed by atoms with Gasteiger partial charge in [0, 0.05) is 12.1 Å². The van der Waals surface area contributed by atoms with Crippen molar-refractivity contribution in [2.24, 2.45) is 0 Å². The van der Waals surface area contributed by atoms with Crippen molar-refractivity contribution in [3.63, 3.8) is 0 Å². The molecule has 6 heteroatoms. The summed E-state index contributed by atoms with van der Waals surface area (Å²) in [6.45, 7) is 4.40. The van der Waals surface area contributed by atoms with Gasteiger partial charge in [-0.1, -0.05) is 30.3 Å². The van der Waals surface area contributed by atoms with Crippen molar-refractivity contribution in [3.8, 4) is 0 Å². The molecule has 0 unspecified atom stereocenters. The largest absolute Gasteiger partial charge is 0.305 e. The number of benzene rings is 2. The predicted molar refractivity (Wildman–Crippen MR) is 95.1 cm³/mol. The Hall–Kier alpha value is -2.99. The topological polar surface area (TPSA) is 73.2 Å². The number of fused-ring (bicyclic) bond motifs is 1. The molecule has 0 saturated heterocycles. The number of rotatable bonds is 5. The number of carbonyl (C=O) groups is 1. The Morgan fingerprint density at radius 2 is 1.96 bits per heavy atom. The summed E-state index contributed by atoms with van der Waals surface area (Å²) in [5.74, 6) is -0.355. The molecule has 2 aromatic carbocycles. The van der Waals surface area contributed by atoms with Crippen LogP contribution in [0.1, 0.15) is 28.5 Å². The van der Waals surface area contributed by atoms with Crippen LogP contribution in [0.4, 0.5) is 0 Å². The van der Waals surface area contributed by atoms with Crippen LogP contribution in [0, 0.1) is 6.92 Å². The molecule has 3 rings (SSSR count). The average Bonchev–Trinajstić information content (AvgIpc) is 2.63. The smallest absolute Gasteiger partial charge is 0.274 e. The van der Waals surface area contributed by atoms with Crippen molar-refractivity contribution in [1.82, 2.24) is 15.0 Å². The van der Waals surface area contributed by atoms with E-state index in [9.17, 15) is 9.59 Å². The average molecular weight is 337 g/mol. The molecule has 0 aliphatic carbocycles. The molecule has 1 heterocycles. The van der Waals surface area contributed by atoms with Crippen LogP contribution in [0.2, 0.25) is 0 Å². The van der Waals surface area contributed by atoms with Crippen LogP contribution in [0.3, 0.4) is 0 Å². The molecule has 0 aliphatic heterocycles. The van der Waals surface area contributed by atoms with E-state index in [-0.39, 0.29) is 18.1 Å². The minimum absolute atomic E-state index is 0.113. The van der Waals surface area contributed by atoms with E-state index in [0.717, 1.165) is 5.56 Å². The first kappa shape index (κ1) is 16.9. The minimum atomic E-state index is -0.355. The Kier molecular flexibility index (Phi) is 4.90. The van der Waals surface area contributed by atoms with E-state index in [4.69, 9.17) is 4.84 Å². The number of hydrogen-bond donors (Lipinski definition) is 1. The zero-order valence-electron chi connectivity index (χ0n) is 14.2. The van der Waals surface area contributed by atoms with Gasteiger partial charge in [-0.05, 0) is 37.6 Å². The normalized spacial score (nSPS) is 10.8. The lowest BCUT2D eigenvalue weighted by atomic mass is 10.1. The second-order valence-corrected chi connectivity index (χ2v) is 5.66. The lowest BCUT2D eigenvalue weighted by Crippen LogP contribution is -2.25. The fraction of sp³-hybridized carbons (Fsp3) is 0.211. The zero-order chi connectivity index (χ0) is 17.8. The molecule has 0 radical (unpaired) electrons. The number of nitrogens with one attached hydrogen (secondary N) is 1. The van der Waals surface area contributed by atoms with Crippen molar-refractivity contribution in [3.05, 3.63) is 75.7 Å². The Morgan fingerprint density at radius 3 is 2.68 bits per heavy atom. The molecule has 1 N–H and O–H groups in total. The highest BCUT2D eigenvalue weighted by Gasteiger charge is 2.11. The third-order valence-corrected chi connectivity index (χ3v) is 3.93. The Labute approximate surface area is 145 Å². The quantitative estimate of drug-likeness (QED) is 0.726. The number of aryl methyl sites for hydroxylation is 2. The van der Waals surface area contributed by atoms with E-state index in [1.807, 2.05) is 37.3 Å². The number of aromatic nitrogens is 2. The van der Waals surface area contributed by atoms with Crippen molar-refractivity contribution >= 4 is 16.9 Å². The SMILES string of the molecule is CCn1c(=O)c(C)nc2cc(C(=O)NOCc3ccccc3)ccc21. The maximum atomic E-state index is 12.3. The van der Waals surface area contributed by atoms with Gasteiger partial charge < -0.3 is 4.57 Å². The summed E-state index contributed by atoms with van der Waals surface area (Å²) in [5, 5.41) is 0. The standard InChI is InChI=1S/C19H19N3O3/c1-3-22-17-10-9-15(11-16(17)20-13(2)19(22)24)18(23)21-25-12-14-7-5-4-6-8-14/h4-11H,3,12H2,1-2H3,(H,21,23). The van der Waals surface area contributed by atoms with Crippen molar-refractivity contribution in [1.29, 1.82) is 0 Å². The molecule has 3 aromatic rings. The number of nitrogens with zero attached hydrogens (tertiary/aromatic N) is 2. The highest BCUT2D eigenvalue weighted by Crippen LogP contribution is 2.13. The number of hydrogen-bond acceptors (Lipinski definition) is 4. The van der Waals surface area contributed by atoms with Crippen molar-refractivity contribution in [2.45, 2.75) is 27.0 Å². The van der Waals surface area contributed by atoms with Gasteiger partial charge in [0.1, 0.15) is 5.69 Å². The zero-order valence-corrected chi connectivity index (χ0v) is 14.2. The summed E-state index contributed by atoms with van der Waals surface area (Å²) in [7, 11) is 0. The minimum Gasteiger partial charge on any atom is -0.305 e. The van der Waals surface area contributed by atoms with E-state index < -0.39 is 0 Å². The van der Waals surface area contributed by atoms with Gasteiger partial charge in [0.05, 0.1) is 17.6 Å². The second-order valence-electron chi connectivity index (χ2n) is 5.66. The molecule has 0 bridgehead atoms. The molecule has 1 aromatic heterocycles. The Morgan fingerprint density at radius 1 is 1.20 bits per heavy atom. The molecule has 0 aliphatic rings. The van der Waals surface area contributed by atoms with Crippen LogP contribution < -0.4 is 11.0 Å². The van der Waals surface area contributed by atoms with Crippen LogP contribution in [-0.4, -0.2) is 15.5 Å². The van der Waals surface area contributed by atoms with Crippen LogP contribution in [0.5, 0.6) is 0 Å². The molecular weight excluding hydrogens is 318 g/mol. The van der Waals surface area contributed by atoms with Gasteiger partial charge in [0.15, 0.2) is 0 Å². The highest BCUT2D eigenvalue weighted by atomic mass is 16.6. The van der Waals surface area contributed by atoms with E-state index in [0.29, 0.717) is 28.8 Å². The van der Waals surface area contributed by atoms with Gasteiger partial charge in [0.25, 0.3) is 11.5 Å². The number of amides is 1. The maximum absolute atomic E-state index is 12.3. The lowest BCUT2D eigenvalue weighted by Gasteiger charge is -2.10. The van der Waals surface area contributed by atoms with Gasteiger partial charge in [-0.2, -0.15) is 0 Å². The molecule has 0 saturated carbocycles. The summed E-state index contributed by atoms with van der Waals surface area (Å²) in [5.41, 5.74) is 5.43. The third-order valence-electron chi connectivity index (χ3n) is 3.93. The summed E-state index contributed by atoms with van der Waals surface area (Å²) in [6.07, 6.45) is 0. The van der Waals surface area contributed by atoms with Crippen LogP contribution in [0.25, 0.3) is 11.0 Å². The van der Waals surface area contributed by atoms with Gasteiger partial charge in [-0.25, -0.2) is 10.5 Å². The van der Waals surface area contributed by atoms with Crippen molar-refractivity contribution in [2.75, 3.05) is 0 Å². The summed E-state index contributed by atoms with van der Waals surface area (Å²) in [6, 6.07) is 14.6. The van der Waals surface area contributed by atoms with E-state index >= 15 is 0 Å². The molecule has 25 heavy (non-hydrogen) atoms. The molecule has 128 valence electrons. The van der Waals surface area contributed by atoms with Crippen LogP contribution in [-0.2, 0) is 18.0 Å². The molecule has 1 amide bonds. The number of carbonyl (C=O) groups excluding carboxylic acids is 1. The van der Waals surface area contributed by atoms with Gasteiger partial charge in [-0.15, -0.1) is 0 Å². The molecule has 0 spiro atoms. The van der Waals surface area contributed by atoms with Crippen LogP contribution in [0.15, 0.2) is 53.3 Å². The molecule has 0 fully saturated rings. The molecule has 0 atom stereocenters. The van der Waals surface area contributed by atoms with Gasteiger partial charge in [0.2, 0.25) is 0 Å². The lowest BCUT2D eigenvalue weighted by molar-refractivity contribution is 0.0233. The predicted octanol–water partition coefficient (Wildman–Crippen LogP) is 2.59. The Bertz CT molecular complexity index is 965. The molecule has 6 nitrogen and oxygen atoms in total. The first-order chi connectivity index (χ1) is 12.1. The number of hydroxylamine groups is 1. The summed E-state index contributed by atoms with van der Waals surface area (Å²) < 4.78 is 1.64. The van der Waals surface area contributed by atoms with Gasteiger partial charge >= 0.3 is 0 Å². The van der Waals surface area contributed by atoms with Crippen LogP contribution >= 0.6 is 0 Å². The monoisotopic (exact) mass is 337 g/mol. The fourth-order valence-corrected chi connectivity index (χ4v) is 2.65. The van der Waals surface area contributed by atoms with E-state index in [1.165, 1.54) is 0 Å². The van der Waals surface area contributed by atoms with Crippen molar-refractivity contribution < 1.29 is 9.63 Å². The summed E-state index contributed by atoms with van der Waals surface area (Å²) >= 11 is 0. The summed E-state index contributed by atoms with van der Waals surface area (Å²) in [4.78, 5) is 33.9. The first-order valence-electron chi connectivity index (χ1n) is 8.07. The van der Waals surface area contributed by atoms with Gasteiger partial charge in [-0.3, -0.25) is 14.4 Å². The Balaban J connectivity index is 1.78. The fourth-order valence-electron chi connectivity index (χ4n) is 2.65. The third kappa shape index (κ3) is 3.59. The second kappa shape index (κ2) is 7.27.